The summed E-state index contributed by atoms with van der Waals surface area (Å²) in [6.07, 6.45) is 5.19. The first kappa shape index (κ1) is 12.2. The molecule has 0 aliphatic rings. The van der Waals surface area contributed by atoms with E-state index in [1.54, 1.807) is 0 Å². The van der Waals surface area contributed by atoms with E-state index in [-0.39, 0.29) is 0 Å². The molecule has 0 aliphatic heterocycles. The fourth-order valence-electron chi connectivity index (χ4n) is 3.06. The smallest absolute Gasteiger partial charge is 0.0709 e. The molecule has 0 atom stereocenters. The van der Waals surface area contributed by atoms with Crippen molar-refractivity contribution in [3.63, 3.8) is 0 Å². The molecule has 0 unspecified atom stereocenters. The molecule has 4 aromatic rings. The highest BCUT2D eigenvalue weighted by Gasteiger charge is 2.11. The summed E-state index contributed by atoms with van der Waals surface area (Å²) >= 11 is 0. The van der Waals surface area contributed by atoms with E-state index in [2.05, 4.69) is 70.5 Å². The van der Waals surface area contributed by atoms with Gasteiger partial charge in [0, 0.05) is 28.7 Å². The maximum Gasteiger partial charge on any atom is 0.0709 e. The quantitative estimate of drug-likeness (QED) is 0.589. The topological polar surface area (TPSA) is 46.7 Å². The standard InChI is InChI=1S/C18H17N3/c19-10-9-13-12-21(17-8-4-2-5-14(13)17)18-11-20-16-7-3-1-6-15(16)18/h1-8,11-12,20H,9-10,19H2. The molecule has 0 radical (unpaired) electrons. The van der Waals surface area contributed by atoms with Crippen LogP contribution in [0, 0.1) is 0 Å². The molecule has 0 bridgehead atoms. The Labute approximate surface area is 123 Å². The zero-order valence-electron chi connectivity index (χ0n) is 11.7. The van der Waals surface area contributed by atoms with E-state index in [0.29, 0.717) is 6.54 Å². The Bertz CT molecular complexity index is 914. The monoisotopic (exact) mass is 275 g/mol. The van der Waals surface area contributed by atoms with Crippen molar-refractivity contribution in [1.29, 1.82) is 0 Å². The summed E-state index contributed by atoms with van der Waals surface area (Å²) in [5, 5.41) is 2.52. The fourth-order valence-corrected chi connectivity index (χ4v) is 3.06. The molecule has 21 heavy (non-hydrogen) atoms. The van der Waals surface area contributed by atoms with Gasteiger partial charge in [-0.25, -0.2) is 0 Å². The number of aromatic amines is 1. The lowest BCUT2D eigenvalue weighted by Crippen LogP contribution is -2.01. The van der Waals surface area contributed by atoms with Crippen molar-refractivity contribution < 1.29 is 0 Å². The summed E-state index contributed by atoms with van der Waals surface area (Å²) in [7, 11) is 0. The van der Waals surface area contributed by atoms with Crippen molar-refractivity contribution >= 4 is 21.8 Å². The van der Waals surface area contributed by atoms with E-state index < -0.39 is 0 Å². The van der Waals surface area contributed by atoms with Gasteiger partial charge in [-0.05, 0) is 30.7 Å². The molecule has 104 valence electrons. The predicted molar refractivity (Wildman–Crippen MR) is 87.9 cm³/mol. The molecule has 0 saturated heterocycles. The number of nitrogens with one attached hydrogen (secondary N) is 1. The first-order valence-corrected chi connectivity index (χ1v) is 7.24. The largest absolute Gasteiger partial charge is 0.359 e. The second-order valence-corrected chi connectivity index (χ2v) is 5.30. The van der Waals surface area contributed by atoms with E-state index in [9.17, 15) is 0 Å². The van der Waals surface area contributed by atoms with Crippen molar-refractivity contribution in [2.75, 3.05) is 6.54 Å². The van der Waals surface area contributed by atoms with Crippen LogP contribution in [0.5, 0.6) is 0 Å². The van der Waals surface area contributed by atoms with Crippen LogP contribution in [0.25, 0.3) is 27.5 Å². The Morgan fingerprint density at radius 2 is 1.71 bits per heavy atom. The van der Waals surface area contributed by atoms with Crippen LogP contribution in [-0.2, 0) is 6.42 Å². The number of aromatic nitrogens is 2. The summed E-state index contributed by atoms with van der Waals surface area (Å²) in [6.45, 7) is 0.669. The normalized spacial score (nSPS) is 11.5. The summed E-state index contributed by atoms with van der Waals surface area (Å²) in [4.78, 5) is 3.35. The lowest BCUT2D eigenvalue weighted by molar-refractivity contribution is 0.968. The molecule has 0 spiro atoms. The molecule has 3 heteroatoms. The molecule has 2 heterocycles. The first-order valence-electron chi connectivity index (χ1n) is 7.24. The minimum atomic E-state index is 0.669. The zero-order chi connectivity index (χ0) is 14.2. The maximum absolute atomic E-state index is 5.75. The Morgan fingerprint density at radius 1 is 0.952 bits per heavy atom. The van der Waals surface area contributed by atoms with Crippen molar-refractivity contribution in [3.8, 4) is 5.69 Å². The summed E-state index contributed by atoms with van der Waals surface area (Å²) in [6, 6.07) is 16.9. The molecular weight excluding hydrogens is 258 g/mol. The fraction of sp³-hybridized carbons (Fsp3) is 0.111. The Morgan fingerprint density at radius 3 is 2.57 bits per heavy atom. The van der Waals surface area contributed by atoms with Crippen LogP contribution in [0.15, 0.2) is 60.9 Å². The van der Waals surface area contributed by atoms with E-state index in [1.807, 2.05) is 0 Å². The highest BCUT2D eigenvalue weighted by molar-refractivity contribution is 5.93. The molecule has 2 aromatic carbocycles. The van der Waals surface area contributed by atoms with E-state index in [1.165, 1.54) is 27.5 Å². The van der Waals surface area contributed by atoms with E-state index in [4.69, 9.17) is 5.73 Å². The molecule has 4 rings (SSSR count). The molecule has 0 amide bonds. The van der Waals surface area contributed by atoms with Gasteiger partial charge in [-0.15, -0.1) is 0 Å². The third-order valence-corrected chi connectivity index (χ3v) is 4.04. The number of fused-ring (bicyclic) bond motifs is 2. The number of nitrogens with two attached hydrogens (primary N) is 1. The number of H-pyrrole nitrogens is 1. The third-order valence-electron chi connectivity index (χ3n) is 4.04. The molecule has 0 saturated carbocycles. The van der Waals surface area contributed by atoms with Crippen molar-refractivity contribution in [1.82, 2.24) is 9.55 Å². The SMILES string of the molecule is NCCc1cn(-c2c[nH]c3ccccc23)c2ccccc12. The Balaban J connectivity index is 2.02. The minimum absolute atomic E-state index is 0.669. The highest BCUT2D eigenvalue weighted by Crippen LogP contribution is 2.29. The number of hydrogen-bond donors (Lipinski definition) is 2. The van der Waals surface area contributed by atoms with Crippen LogP contribution in [0.2, 0.25) is 0 Å². The van der Waals surface area contributed by atoms with Crippen molar-refractivity contribution in [2.24, 2.45) is 5.73 Å². The Hall–Kier alpha value is -2.52. The van der Waals surface area contributed by atoms with Gasteiger partial charge in [0.25, 0.3) is 0 Å². The van der Waals surface area contributed by atoms with Gasteiger partial charge in [-0.3, -0.25) is 0 Å². The first-order chi connectivity index (χ1) is 10.4. The van der Waals surface area contributed by atoms with Crippen LogP contribution in [0.3, 0.4) is 0 Å². The van der Waals surface area contributed by atoms with Gasteiger partial charge in [0.2, 0.25) is 0 Å². The second-order valence-electron chi connectivity index (χ2n) is 5.30. The molecular formula is C18H17N3. The highest BCUT2D eigenvalue weighted by atomic mass is 15.0. The molecule has 0 aliphatic carbocycles. The van der Waals surface area contributed by atoms with Gasteiger partial charge in [0.15, 0.2) is 0 Å². The lowest BCUT2D eigenvalue weighted by Gasteiger charge is -2.03. The third kappa shape index (κ3) is 1.86. The Kier molecular flexibility index (Phi) is 2.79. The maximum atomic E-state index is 5.75. The van der Waals surface area contributed by atoms with Crippen LogP contribution >= 0.6 is 0 Å². The molecule has 3 nitrogen and oxygen atoms in total. The average Bonchev–Trinajstić information content (AvgIpc) is 3.10. The van der Waals surface area contributed by atoms with Crippen molar-refractivity contribution in [2.45, 2.75) is 6.42 Å². The van der Waals surface area contributed by atoms with Gasteiger partial charge in [-0.1, -0.05) is 36.4 Å². The lowest BCUT2D eigenvalue weighted by atomic mass is 10.1. The number of para-hydroxylation sites is 2. The van der Waals surface area contributed by atoms with E-state index >= 15 is 0 Å². The second kappa shape index (κ2) is 4.79. The molecule has 0 fully saturated rings. The number of hydrogen-bond acceptors (Lipinski definition) is 1. The van der Waals surface area contributed by atoms with Gasteiger partial charge in [-0.2, -0.15) is 0 Å². The molecule has 3 N–H and O–H groups in total. The number of nitrogens with zero attached hydrogens (tertiary/aromatic N) is 1. The average molecular weight is 275 g/mol. The van der Waals surface area contributed by atoms with Crippen LogP contribution < -0.4 is 5.73 Å². The number of rotatable bonds is 3. The summed E-state index contributed by atoms with van der Waals surface area (Å²) < 4.78 is 2.26. The zero-order valence-corrected chi connectivity index (χ0v) is 11.7. The van der Waals surface area contributed by atoms with Gasteiger partial charge in [0.1, 0.15) is 0 Å². The van der Waals surface area contributed by atoms with Gasteiger partial charge >= 0.3 is 0 Å². The summed E-state index contributed by atoms with van der Waals surface area (Å²) in [5.41, 5.74) is 10.6. The van der Waals surface area contributed by atoms with E-state index in [0.717, 1.165) is 11.9 Å². The molecule has 2 aromatic heterocycles. The van der Waals surface area contributed by atoms with Crippen molar-refractivity contribution in [3.05, 3.63) is 66.5 Å². The predicted octanol–water partition coefficient (Wildman–Crippen LogP) is 3.61. The minimum Gasteiger partial charge on any atom is -0.359 e. The van der Waals surface area contributed by atoms with Crippen LogP contribution in [0.1, 0.15) is 5.56 Å². The van der Waals surface area contributed by atoms with Crippen LogP contribution in [0.4, 0.5) is 0 Å². The van der Waals surface area contributed by atoms with Crippen LogP contribution in [-0.4, -0.2) is 16.1 Å². The van der Waals surface area contributed by atoms with Gasteiger partial charge in [0.05, 0.1) is 11.2 Å². The number of benzene rings is 2. The summed E-state index contributed by atoms with van der Waals surface area (Å²) in [5.74, 6) is 0. The van der Waals surface area contributed by atoms with Gasteiger partial charge < -0.3 is 15.3 Å².